The van der Waals surface area contributed by atoms with Gasteiger partial charge in [0.05, 0.1) is 18.1 Å². The molecular formula is C8H9NO4S. The van der Waals surface area contributed by atoms with Crippen molar-refractivity contribution in [2.75, 3.05) is 0 Å². The Morgan fingerprint density at radius 2 is 2.14 bits per heavy atom. The van der Waals surface area contributed by atoms with Gasteiger partial charge in [-0.15, -0.1) is 0 Å². The summed E-state index contributed by atoms with van der Waals surface area (Å²) in [5.41, 5.74) is 0. The van der Waals surface area contributed by atoms with Crippen molar-refractivity contribution in [3.63, 3.8) is 0 Å². The molecule has 0 spiro atoms. The summed E-state index contributed by atoms with van der Waals surface area (Å²) in [7, 11) is -3.61. The van der Waals surface area contributed by atoms with Gasteiger partial charge >= 0.3 is 0 Å². The van der Waals surface area contributed by atoms with Gasteiger partial charge in [0, 0.05) is 11.8 Å². The Labute approximate surface area is 81.4 Å². The van der Waals surface area contributed by atoms with E-state index < -0.39 is 33.5 Å². The number of nitrogens with zero attached hydrogens (tertiary/aromatic N) is 1. The van der Waals surface area contributed by atoms with Crippen molar-refractivity contribution in [1.29, 1.82) is 5.26 Å². The molecule has 3 aliphatic rings. The second-order valence-corrected chi connectivity index (χ2v) is 5.95. The minimum Gasteiger partial charge on any atom is -0.390 e. The molecule has 6 atom stereocenters. The van der Waals surface area contributed by atoms with E-state index in [1.807, 2.05) is 6.07 Å². The number of rotatable bonds is 0. The molecule has 1 N–H and O–H groups in total. The number of aliphatic hydroxyl groups excluding tert-OH is 1. The van der Waals surface area contributed by atoms with Gasteiger partial charge in [0.25, 0.3) is 10.1 Å². The zero-order valence-corrected chi connectivity index (χ0v) is 8.02. The number of aliphatic hydroxyl groups is 1. The molecule has 0 amide bonds. The van der Waals surface area contributed by atoms with E-state index in [0.717, 1.165) is 0 Å². The van der Waals surface area contributed by atoms with Crippen LogP contribution in [0.4, 0.5) is 0 Å². The Morgan fingerprint density at radius 1 is 1.43 bits per heavy atom. The fourth-order valence-corrected chi connectivity index (χ4v) is 5.20. The van der Waals surface area contributed by atoms with Crippen LogP contribution in [0.15, 0.2) is 0 Å². The van der Waals surface area contributed by atoms with E-state index in [1.165, 1.54) is 0 Å². The van der Waals surface area contributed by atoms with Crippen LogP contribution in [0.1, 0.15) is 6.42 Å². The third-order valence-electron chi connectivity index (χ3n) is 3.71. The molecular weight excluding hydrogens is 206 g/mol. The third-order valence-corrected chi connectivity index (χ3v) is 5.51. The Balaban J connectivity index is 2.15. The first-order valence-corrected chi connectivity index (χ1v) is 6.03. The molecule has 6 heteroatoms. The van der Waals surface area contributed by atoms with Crippen molar-refractivity contribution in [3.8, 4) is 6.07 Å². The molecule has 3 rings (SSSR count). The van der Waals surface area contributed by atoms with Crippen molar-refractivity contribution >= 4 is 10.1 Å². The third kappa shape index (κ3) is 0.749. The van der Waals surface area contributed by atoms with Crippen molar-refractivity contribution < 1.29 is 17.7 Å². The first-order valence-electron chi connectivity index (χ1n) is 4.56. The summed E-state index contributed by atoms with van der Waals surface area (Å²) in [6.07, 6.45) is -0.758. The maximum Gasteiger partial charge on any atom is 0.272 e. The first-order chi connectivity index (χ1) is 6.56. The van der Waals surface area contributed by atoms with Crippen molar-refractivity contribution in [1.82, 2.24) is 0 Å². The molecule has 0 radical (unpaired) electrons. The fourth-order valence-electron chi connectivity index (χ4n) is 3.18. The predicted octanol–water partition coefficient (Wildman–Crippen LogP) is -0.766. The second-order valence-electron chi connectivity index (χ2n) is 4.23. The van der Waals surface area contributed by atoms with E-state index >= 15 is 0 Å². The van der Waals surface area contributed by atoms with E-state index in [4.69, 9.17) is 9.44 Å². The lowest BCUT2D eigenvalue weighted by molar-refractivity contribution is 0.0159. The van der Waals surface area contributed by atoms with Crippen LogP contribution in [0, 0.1) is 29.1 Å². The van der Waals surface area contributed by atoms with Gasteiger partial charge in [0.15, 0.2) is 0 Å². The molecule has 3 fully saturated rings. The summed E-state index contributed by atoms with van der Waals surface area (Å²) < 4.78 is 27.9. The highest BCUT2D eigenvalue weighted by atomic mass is 32.2. The molecule has 14 heavy (non-hydrogen) atoms. The quantitative estimate of drug-likeness (QED) is 0.536. The summed E-state index contributed by atoms with van der Waals surface area (Å²) in [6.45, 7) is 0. The van der Waals surface area contributed by atoms with E-state index in [-0.39, 0.29) is 11.8 Å². The van der Waals surface area contributed by atoms with Crippen LogP contribution in [-0.2, 0) is 14.3 Å². The molecule has 2 saturated carbocycles. The smallest absolute Gasteiger partial charge is 0.272 e. The molecule has 1 saturated heterocycles. The van der Waals surface area contributed by atoms with Gasteiger partial charge in [0.1, 0.15) is 11.4 Å². The molecule has 5 nitrogen and oxygen atoms in total. The summed E-state index contributed by atoms with van der Waals surface area (Å²) in [5.74, 6) is -0.958. The largest absolute Gasteiger partial charge is 0.390 e. The zero-order chi connectivity index (χ0) is 10.1. The summed E-state index contributed by atoms with van der Waals surface area (Å²) in [5, 5.41) is 17.9. The van der Waals surface area contributed by atoms with Crippen molar-refractivity contribution in [2.24, 2.45) is 17.8 Å². The van der Waals surface area contributed by atoms with Crippen molar-refractivity contribution in [3.05, 3.63) is 0 Å². The van der Waals surface area contributed by atoms with Gasteiger partial charge in [-0.05, 0) is 6.42 Å². The SMILES string of the molecule is N#CC1C2CC3C(OS(=O)(=O)C13)C2O. The number of nitriles is 1. The van der Waals surface area contributed by atoms with Crippen LogP contribution in [0.3, 0.4) is 0 Å². The molecule has 0 aromatic rings. The minimum absolute atomic E-state index is 0.162. The molecule has 2 aliphatic carbocycles. The van der Waals surface area contributed by atoms with Crippen LogP contribution in [-0.4, -0.2) is 31.0 Å². The topological polar surface area (TPSA) is 87.4 Å². The highest BCUT2D eigenvalue weighted by molar-refractivity contribution is 7.87. The Bertz CT molecular complexity index is 425. The molecule has 0 aromatic heterocycles. The standard InChI is InChI=1S/C8H9NO4S/c9-2-5-3-1-4-7(6(3)10)13-14(11,12)8(4)5/h3-8,10H,1H2. The van der Waals surface area contributed by atoms with Gasteiger partial charge in [0.2, 0.25) is 0 Å². The molecule has 0 aromatic carbocycles. The monoisotopic (exact) mass is 215 g/mol. The van der Waals surface area contributed by atoms with E-state index in [2.05, 4.69) is 0 Å². The van der Waals surface area contributed by atoms with Crippen LogP contribution in [0.5, 0.6) is 0 Å². The van der Waals surface area contributed by atoms with E-state index in [1.54, 1.807) is 0 Å². The lowest BCUT2D eigenvalue weighted by Crippen LogP contribution is -2.39. The fraction of sp³-hybridized carbons (Fsp3) is 0.875. The van der Waals surface area contributed by atoms with Crippen LogP contribution >= 0.6 is 0 Å². The Hall–Kier alpha value is -0.640. The normalized spacial score (nSPS) is 57.4. The Kier molecular flexibility index (Phi) is 1.42. The molecule has 76 valence electrons. The lowest BCUT2D eigenvalue weighted by atomic mass is 9.86. The average molecular weight is 215 g/mol. The highest BCUT2D eigenvalue weighted by Gasteiger charge is 2.68. The predicted molar refractivity (Wildman–Crippen MR) is 44.3 cm³/mol. The van der Waals surface area contributed by atoms with Crippen LogP contribution < -0.4 is 0 Å². The Morgan fingerprint density at radius 3 is 2.79 bits per heavy atom. The van der Waals surface area contributed by atoms with Gasteiger partial charge in [-0.1, -0.05) is 0 Å². The number of hydrogen-bond donors (Lipinski definition) is 1. The van der Waals surface area contributed by atoms with Crippen LogP contribution in [0.2, 0.25) is 0 Å². The minimum atomic E-state index is -3.61. The summed E-state index contributed by atoms with van der Waals surface area (Å²) >= 11 is 0. The van der Waals surface area contributed by atoms with Gasteiger partial charge < -0.3 is 5.11 Å². The molecule has 6 unspecified atom stereocenters. The van der Waals surface area contributed by atoms with Gasteiger partial charge in [-0.2, -0.15) is 13.7 Å². The lowest BCUT2D eigenvalue weighted by Gasteiger charge is -2.23. The molecule has 1 aliphatic heterocycles. The maximum absolute atomic E-state index is 11.5. The van der Waals surface area contributed by atoms with Crippen LogP contribution in [0.25, 0.3) is 0 Å². The van der Waals surface area contributed by atoms with Gasteiger partial charge in [-0.3, -0.25) is 4.18 Å². The van der Waals surface area contributed by atoms with E-state index in [0.29, 0.717) is 6.42 Å². The number of fused-ring (bicyclic) bond motifs is 1. The average Bonchev–Trinajstić information content (AvgIpc) is 2.67. The first kappa shape index (κ1) is 8.65. The zero-order valence-electron chi connectivity index (χ0n) is 7.20. The molecule has 2 bridgehead atoms. The molecule has 1 heterocycles. The second kappa shape index (κ2) is 2.30. The maximum atomic E-state index is 11.5. The summed E-state index contributed by atoms with van der Waals surface area (Å²) in [4.78, 5) is 0. The van der Waals surface area contributed by atoms with E-state index in [9.17, 15) is 13.5 Å². The van der Waals surface area contributed by atoms with Gasteiger partial charge in [-0.25, -0.2) is 0 Å². The van der Waals surface area contributed by atoms with Crippen molar-refractivity contribution in [2.45, 2.75) is 23.9 Å². The summed E-state index contributed by atoms with van der Waals surface area (Å²) in [6, 6.07) is 1.99. The highest BCUT2D eigenvalue weighted by Crippen LogP contribution is 2.57. The number of hydrogen-bond acceptors (Lipinski definition) is 5.